The Morgan fingerprint density at radius 1 is 0.270 bits per heavy atom. The van der Waals surface area contributed by atoms with Gasteiger partial charge in [-0.3, -0.25) is 0 Å². The number of furan rings is 2. The maximum atomic E-state index is 6.75. The molecule has 14 aromatic rings. The molecule has 0 N–H and O–H groups in total. The molecule has 0 saturated heterocycles. The molecule has 0 radical (unpaired) electrons. The van der Waals surface area contributed by atoms with Gasteiger partial charge in [-0.05, 0) is 176 Å². The van der Waals surface area contributed by atoms with Crippen molar-refractivity contribution in [3.8, 4) is 44.5 Å². The second kappa shape index (κ2) is 16.5. The largest absolute Gasteiger partial charge is 0.454 e. The first kappa shape index (κ1) is 42.1. The van der Waals surface area contributed by atoms with Crippen molar-refractivity contribution in [3.63, 3.8) is 0 Å². The van der Waals surface area contributed by atoms with Gasteiger partial charge in [0.05, 0.1) is 11.4 Å². The molecule has 4 nitrogen and oxygen atoms in total. The van der Waals surface area contributed by atoms with Gasteiger partial charge in [0.1, 0.15) is 11.2 Å². The molecule has 2 heterocycles. The Balaban J connectivity index is 0.872. The van der Waals surface area contributed by atoms with Crippen LogP contribution in [0.25, 0.3) is 110 Å². The lowest BCUT2D eigenvalue weighted by Crippen LogP contribution is -2.12. The highest BCUT2D eigenvalue weighted by Crippen LogP contribution is 2.53. The predicted molar refractivity (Wildman–Crippen MR) is 310 cm³/mol. The maximum Gasteiger partial charge on any atom is 0.159 e. The van der Waals surface area contributed by atoms with E-state index >= 15 is 0 Å². The quantitative estimate of drug-likeness (QED) is 0.152. The number of aryl methyl sites for hydroxylation is 2. The Morgan fingerprint density at radius 2 is 0.662 bits per heavy atom. The van der Waals surface area contributed by atoms with Gasteiger partial charge in [-0.1, -0.05) is 158 Å². The lowest BCUT2D eigenvalue weighted by Gasteiger charge is -2.29. The van der Waals surface area contributed by atoms with Gasteiger partial charge in [-0.15, -0.1) is 0 Å². The number of benzene rings is 12. The molecule has 74 heavy (non-hydrogen) atoms. The number of para-hydroxylation sites is 4. The fourth-order valence-corrected chi connectivity index (χ4v) is 11.6. The van der Waals surface area contributed by atoms with E-state index in [1.54, 1.807) is 0 Å². The van der Waals surface area contributed by atoms with E-state index in [2.05, 4.69) is 254 Å². The van der Waals surface area contributed by atoms with E-state index < -0.39 is 0 Å². The molecule has 0 aliphatic heterocycles. The van der Waals surface area contributed by atoms with Gasteiger partial charge in [0.15, 0.2) is 11.2 Å². The summed E-state index contributed by atoms with van der Waals surface area (Å²) in [6, 6.07) is 87.9. The van der Waals surface area contributed by atoms with Gasteiger partial charge in [0, 0.05) is 44.3 Å². The molecule has 12 aromatic carbocycles. The van der Waals surface area contributed by atoms with Crippen LogP contribution < -0.4 is 9.80 Å². The summed E-state index contributed by atoms with van der Waals surface area (Å²) in [6.45, 7) is 4.40. The predicted octanol–water partition coefficient (Wildman–Crippen LogP) is 20.3. The number of hydrogen-bond acceptors (Lipinski definition) is 4. The number of fused-ring (bicyclic) bond motifs is 12. The summed E-state index contributed by atoms with van der Waals surface area (Å²) >= 11 is 0. The molecule has 0 atom stereocenters. The highest BCUT2D eigenvalue weighted by atomic mass is 16.3. The van der Waals surface area contributed by atoms with E-state index in [-0.39, 0.29) is 0 Å². The molecule has 2 aromatic heterocycles. The van der Waals surface area contributed by atoms with Crippen molar-refractivity contribution in [3.05, 3.63) is 254 Å². The molecule has 1 aliphatic rings. The first-order chi connectivity index (χ1) is 36.5. The zero-order valence-electron chi connectivity index (χ0n) is 40.8. The van der Waals surface area contributed by atoms with E-state index in [1.165, 1.54) is 66.1 Å². The third-order valence-corrected chi connectivity index (χ3v) is 15.4. The monoisotopic (exact) mass is 946 g/mol. The van der Waals surface area contributed by atoms with Crippen LogP contribution in [-0.2, 0) is 0 Å². The molecular formula is C70H46N2O2. The molecule has 0 spiro atoms. The highest BCUT2D eigenvalue weighted by Gasteiger charge is 2.27. The normalized spacial score (nSPS) is 11.9. The third-order valence-electron chi connectivity index (χ3n) is 15.4. The smallest absolute Gasteiger partial charge is 0.159 e. The molecule has 348 valence electrons. The van der Waals surface area contributed by atoms with Crippen LogP contribution in [0.4, 0.5) is 34.1 Å². The summed E-state index contributed by atoms with van der Waals surface area (Å²) < 4.78 is 13.5. The summed E-state index contributed by atoms with van der Waals surface area (Å²) in [5.74, 6) is 0. The molecule has 15 rings (SSSR count). The first-order valence-electron chi connectivity index (χ1n) is 25.4. The number of rotatable bonds is 8. The van der Waals surface area contributed by atoms with E-state index in [1.807, 2.05) is 12.1 Å². The van der Waals surface area contributed by atoms with Crippen molar-refractivity contribution in [1.29, 1.82) is 0 Å². The second-order valence-corrected chi connectivity index (χ2v) is 19.8. The third kappa shape index (κ3) is 6.62. The average Bonchev–Trinajstić information content (AvgIpc) is 4.03. The van der Waals surface area contributed by atoms with Crippen LogP contribution in [0.3, 0.4) is 0 Å². The minimum absolute atomic E-state index is 0.863. The van der Waals surface area contributed by atoms with Crippen molar-refractivity contribution in [2.24, 2.45) is 0 Å². The van der Waals surface area contributed by atoms with Crippen LogP contribution in [0.2, 0.25) is 0 Å². The van der Waals surface area contributed by atoms with Crippen LogP contribution in [-0.4, -0.2) is 0 Å². The molecule has 4 heteroatoms. The number of hydrogen-bond donors (Lipinski definition) is 0. The molecule has 1 aliphatic carbocycles. The van der Waals surface area contributed by atoms with E-state index in [4.69, 9.17) is 8.83 Å². The van der Waals surface area contributed by atoms with Gasteiger partial charge >= 0.3 is 0 Å². The molecular weight excluding hydrogens is 901 g/mol. The van der Waals surface area contributed by atoms with Gasteiger partial charge in [-0.25, -0.2) is 0 Å². The topological polar surface area (TPSA) is 32.8 Å². The van der Waals surface area contributed by atoms with Gasteiger partial charge in [-0.2, -0.15) is 0 Å². The standard InChI is InChI=1S/C70H46N2O2/c1-43-27-29-49(45-15-5-3-6-16-45)41-65(43)71(63-23-13-21-57-55-19-9-11-25-67(55)73-69(57)63)53-33-31-47-37-59-60-38-48-32-34-54(36-52(48)40-62(60)61(59)39-51(47)35-53)72(66-42-50(30-28-44(66)2)46-17-7-4-8-18-46)64-24-14-22-58-56-20-10-12-26-68(56)74-70(58)64/h3-42H,1-2H3. The lowest BCUT2D eigenvalue weighted by atomic mass is 9.78. The van der Waals surface area contributed by atoms with Crippen molar-refractivity contribution in [2.75, 3.05) is 9.80 Å². The van der Waals surface area contributed by atoms with E-state index in [9.17, 15) is 0 Å². The molecule has 0 bridgehead atoms. The zero-order valence-corrected chi connectivity index (χ0v) is 40.8. The molecule has 0 fully saturated rings. The van der Waals surface area contributed by atoms with Crippen molar-refractivity contribution < 1.29 is 8.83 Å². The molecule has 0 saturated carbocycles. The van der Waals surface area contributed by atoms with E-state index in [0.29, 0.717) is 0 Å². The average molecular weight is 947 g/mol. The summed E-state index contributed by atoms with van der Waals surface area (Å²) in [4.78, 5) is 4.78. The van der Waals surface area contributed by atoms with E-state index in [0.717, 1.165) is 89.1 Å². The Hall–Kier alpha value is -9.64. The summed E-state index contributed by atoms with van der Waals surface area (Å²) in [5, 5.41) is 9.18. The Labute approximate surface area is 428 Å². The lowest BCUT2D eigenvalue weighted by molar-refractivity contribution is 0.668. The van der Waals surface area contributed by atoms with Crippen LogP contribution in [0.5, 0.6) is 0 Å². The summed E-state index contributed by atoms with van der Waals surface area (Å²) in [6.07, 6.45) is 0. The van der Waals surface area contributed by atoms with Crippen LogP contribution in [0.1, 0.15) is 11.1 Å². The Kier molecular flexibility index (Phi) is 9.36. The van der Waals surface area contributed by atoms with Crippen molar-refractivity contribution >= 4 is 99.5 Å². The minimum Gasteiger partial charge on any atom is -0.454 e. The molecule has 0 amide bonds. The fraction of sp³-hybridized carbons (Fsp3) is 0.0286. The number of nitrogens with zero attached hydrogens (tertiary/aromatic N) is 2. The van der Waals surface area contributed by atoms with Crippen molar-refractivity contribution in [2.45, 2.75) is 13.8 Å². The van der Waals surface area contributed by atoms with Crippen LogP contribution in [0, 0.1) is 13.8 Å². The van der Waals surface area contributed by atoms with Gasteiger partial charge in [0.2, 0.25) is 0 Å². The maximum absolute atomic E-state index is 6.75. The summed E-state index contributed by atoms with van der Waals surface area (Å²) in [5.41, 5.74) is 21.9. The Bertz CT molecular complexity index is 4290. The van der Waals surface area contributed by atoms with Gasteiger partial charge < -0.3 is 18.6 Å². The highest BCUT2D eigenvalue weighted by molar-refractivity contribution is 6.15. The molecule has 0 unspecified atom stereocenters. The SMILES string of the molecule is Cc1ccc(-c2ccccc2)cc1N(c1ccc2cc3c(cc2c1)-c1cc2cc(N(c4cc(-c5ccccc5)ccc4C)c4cccc5c4oc4ccccc45)ccc2cc1-3)c1cccc2c1oc1ccccc12. The summed E-state index contributed by atoms with van der Waals surface area (Å²) in [7, 11) is 0. The minimum atomic E-state index is 0.863. The second-order valence-electron chi connectivity index (χ2n) is 19.8. The van der Waals surface area contributed by atoms with Gasteiger partial charge in [0.25, 0.3) is 0 Å². The Morgan fingerprint density at radius 3 is 1.11 bits per heavy atom. The van der Waals surface area contributed by atoms with Crippen molar-refractivity contribution in [1.82, 2.24) is 0 Å². The fourth-order valence-electron chi connectivity index (χ4n) is 11.6. The van der Waals surface area contributed by atoms with Crippen LogP contribution in [0.15, 0.2) is 251 Å². The zero-order chi connectivity index (χ0) is 49.0. The number of anilines is 6. The first-order valence-corrected chi connectivity index (χ1v) is 25.4. The van der Waals surface area contributed by atoms with Crippen LogP contribution >= 0.6 is 0 Å².